The summed E-state index contributed by atoms with van der Waals surface area (Å²) in [6, 6.07) is 0. The third kappa shape index (κ3) is 3.98. The highest BCUT2D eigenvalue weighted by Crippen LogP contribution is 2.43. The summed E-state index contributed by atoms with van der Waals surface area (Å²) in [6.07, 6.45) is 3.94. The maximum absolute atomic E-state index is 11.5. The van der Waals surface area contributed by atoms with Crippen LogP contribution in [-0.4, -0.2) is 23.3 Å². The molecule has 0 radical (unpaired) electrons. The fourth-order valence-corrected chi connectivity index (χ4v) is 3.38. The molecule has 0 heterocycles. The van der Waals surface area contributed by atoms with Gasteiger partial charge in [0.15, 0.2) is 0 Å². The first kappa shape index (κ1) is 15.5. The number of aliphatic hydroxyl groups is 1. The van der Waals surface area contributed by atoms with E-state index in [1.807, 2.05) is 6.92 Å². The van der Waals surface area contributed by atoms with Gasteiger partial charge in [0.2, 0.25) is 0 Å². The number of rotatable bonds is 5. The maximum atomic E-state index is 11.5. The highest BCUT2D eigenvalue weighted by atomic mass is 16.5. The Morgan fingerprint density at radius 1 is 1.44 bits per heavy atom. The van der Waals surface area contributed by atoms with Crippen molar-refractivity contribution in [3.63, 3.8) is 0 Å². The van der Waals surface area contributed by atoms with E-state index < -0.39 is 5.60 Å². The van der Waals surface area contributed by atoms with Gasteiger partial charge >= 0.3 is 5.97 Å². The molecular formula is C15H28O3. The van der Waals surface area contributed by atoms with Crippen LogP contribution in [0.15, 0.2) is 0 Å². The van der Waals surface area contributed by atoms with Crippen molar-refractivity contribution in [3.8, 4) is 0 Å². The Bertz CT molecular complexity index is 275. The molecule has 1 rings (SSSR count). The van der Waals surface area contributed by atoms with Crippen LogP contribution in [0.3, 0.4) is 0 Å². The van der Waals surface area contributed by atoms with Crippen molar-refractivity contribution >= 4 is 5.97 Å². The van der Waals surface area contributed by atoms with Crippen LogP contribution in [0, 0.1) is 17.8 Å². The molecule has 3 nitrogen and oxygen atoms in total. The second-order valence-corrected chi connectivity index (χ2v) is 6.15. The minimum Gasteiger partial charge on any atom is -0.466 e. The lowest BCUT2D eigenvalue weighted by Crippen LogP contribution is -2.45. The van der Waals surface area contributed by atoms with Crippen molar-refractivity contribution in [1.29, 1.82) is 0 Å². The Labute approximate surface area is 111 Å². The molecule has 1 fully saturated rings. The third-order valence-corrected chi connectivity index (χ3v) is 4.23. The van der Waals surface area contributed by atoms with Gasteiger partial charge in [-0.1, -0.05) is 27.2 Å². The zero-order valence-electron chi connectivity index (χ0n) is 12.2. The number of hydrogen-bond acceptors (Lipinski definition) is 3. The first-order valence-corrected chi connectivity index (χ1v) is 7.27. The van der Waals surface area contributed by atoms with E-state index in [1.54, 1.807) is 0 Å². The van der Waals surface area contributed by atoms with Crippen LogP contribution in [0.1, 0.15) is 59.8 Å². The van der Waals surface area contributed by atoms with Crippen LogP contribution >= 0.6 is 0 Å². The van der Waals surface area contributed by atoms with E-state index in [-0.39, 0.29) is 5.97 Å². The van der Waals surface area contributed by atoms with Crippen LogP contribution in [0.4, 0.5) is 0 Å². The molecule has 3 atom stereocenters. The number of ether oxygens (including phenoxy) is 1. The van der Waals surface area contributed by atoms with Gasteiger partial charge < -0.3 is 9.84 Å². The lowest BCUT2D eigenvalue weighted by Gasteiger charge is -2.44. The smallest absolute Gasteiger partial charge is 0.305 e. The lowest BCUT2D eigenvalue weighted by atomic mass is 9.65. The Balaban J connectivity index is 2.62. The van der Waals surface area contributed by atoms with E-state index in [4.69, 9.17) is 4.74 Å². The maximum Gasteiger partial charge on any atom is 0.305 e. The number of carbonyl (C=O) groups is 1. The normalized spacial score (nSPS) is 32.6. The Hall–Kier alpha value is -0.570. The first-order valence-electron chi connectivity index (χ1n) is 7.27. The van der Waals surface area contributed by atoms with Crippen molar-refractivity contribution in [2.45, 2.75) is 65.4 Å². The van der Waals surface area contributed by atoms with E-state index in [9.17, 15) is 9.90 Å². The topological polar surface area (TPSA) is 46.5 Å². The SMILES string of the molecule is CCOC(=O)CCC1(O)CC(C)CCC1C(C)C. The molecule has 106 valence electrons. The molecule has 3 heteroatoms. The van der Waals surface area contributed by atoms with Crippen molar-refractivity contribution in [1.82, 2.24) is 0 Å². The van der Waals surface area contributed by atoms with Gasteiger partial charge in [0, 0.05) is 6.42 Å². The monoisotopic (exact) mass is 256 g/mol. The van der Waals surface area contributed by atoms with E-state index >= 15 is 0 Å². The number of hydrogen-bond donors (Lipinski definition) is 1. The van der Waals surface area contributed by atoms with Crippen LogP contribution in [0.5, 0.6) is 0 Å². The summed E-state index contributed by atoms with van der Waals surface area (Å²) >= 11 is 0. The van der Waals surface area contributed by atoms with E-state index in [0.717, 1.165) is 12.8 Å². The molecule has 0 spiro atoms. The summed E-state index contributed by atoms with van der Waals surface area (Å²) in [4.78, 5) is 11.5. The average Bonchev–Trinajstić information content (AvgIpc) is 2.26. The van der Waals surface area contributed by atoms with Crippen LogP contribution in [0.2, 0.25) is 0 Å². The minimum absolute atomic E-state index is 0.188. The molecule has 0 aromatic heterocycles. The van der Waals surface area contributed by atoms with Gasteiger partial charge in [-0.3, -0.25) is 4.79 Å². The molecule has 0 aliphatic heterocycles. The van der Waals surface area contributed by atoms with Crippen molar-refractivity contribution < 1.29 is 14.6 Å². The van der Waals surface area contributed by atoms with Crippen LogP contribution < -0.4 is 0 Å². The van der Waals surface area contributed by atoms with Gasteiger partial charge in [0.1, 0.15) is 0 Å². The van der Waals surface area contributed by atoms with Gasteiger partial charge in [-0.05, 0) is 43.9 Å². The standard InChI is InChI=1S/C15H28O3/c1-5-18-14(16)8-9-15(17)10-12(4)6-7-13(15)11(2)3/h11-13,17H,5-10H2,1-4H3. The van der Waals surface area contributed by atoms with Crippen LogP contribution in [-0.2, 0) is 9.53 Å². The van der Waals surface area contributed by atoms with Crippen molar-refractivity contribution in [2.75, 3.05) is 6.61 Å². The van der Waals surface area contributed by atoms with E-state index in [0.29, 0.717) is 37.2 Å². The lowest BCUT2D eigenvalue weighted by molar-refractivity contribution is -0.147. The van der Waals surface area contributed by atoms with E-state index in [2.05, 4.69) is 20.8 Å². The highest BCUT2D eigenvalue weighted by Gasteiger charge is 2.42. The second kappa shape index (κ2) is 6.55. The van der Waals surface area contributed by atoms with Gasteiger partial charge in [-0.2, -0.15) is 0 Å². The predicted octanol–water partition coefficient (Wildman–Crippen LogP) is 3.15. The van der Waals surface area contributed by atoms with Gasteiger partial charge in [0.25, 0.3) is 0 Å². The number of esters is 1. The average molecular weight is 256 g/mol. The molecule has 0 amide bonds. The predicted molar refractivity (Wildman–Crippen MR) is 72.2 cm³/mol. The molecule has 0 aromatic carbocycles. The van der Waals surface area contributed by atoms with Gasteiger partial charge in [-0.15, -0.1) is 0 Å². The molecule has 0 saturated heterocycles. The highest BCUT2D eigenvalue weighted by molar-refractivity contribution is 5.69. The second-order valence-electron chi connectivity index (χ2n) is 6.15. The van der Waals surface area contributed by atoms with Crippen molar-refractivity contribution in [3.05, 3.63) is 0 Å². The Kier molecular flexibility index (Phi) is 5.64. The van der Waals surface area contributed by atoms with Gasteiger partial charge in [-0.25, -0.2) is 0 Å². The quantitative estimate of drug-likeness (QED) is 0.769. The minimum atomic E-state index is -0.682. The largest absolute Gasteiger partial charge is 0.466 e. The summed E-state index contributed by atoms with van der Waals surface area (Å²) in [7, 11) is 0. The van der Waals surface area contributed by atoms with Crippen LogP contribution in [0.25, 0.3) is 0 Å². The summed E-state index contributed by atoms with van der Waals surface area (Å²) in [6.45, 7) is 8.74. The molecule has 1 aliphatic carbocycles. The molecule has 18 heavy (non-hydrogen) atoms. The molecule has 1 aliphatic rings. The van der Waals surface area contributed by atoms with Crippen molar-refractivity contribution in [2.24, 2.45) is 17.8 Å². The summed E-state index contributed by atoms with van der Waals surface area (Å²) in [5, 5.41) is 10.9. The van der Waals surface area contributed by atoms with E-state index in [1.165, 1.54) is 6.42 Å². The molecule has 3 unspecified atom stereocenters. The molecule has 0 bridgehead atoms. The molecule has 1 saturated carbocycles. The molecule has 1 N–H and O–H groups in total. The summed E-state index contributed by atoms with van der Waals surface area (Å²) in [5.41, 5.74) is -0.682. The fraction of sp³-hybridized carbons (Fsp3) is 0.933. The summed E-state index contributed by atoms with van der Waals surface area (Å²) in [5.74, 6) is 1.13. The molecule has 0 aromatic rings. The Morgan fingerprint density at radius 2 is 2.11 bits per heavy atom. The summed E-state index contributed by atoms with van der Waals surface area (Å²) < 4.78 is 4.95. The third-order valence-electron chi connectivity index (χ3n) is 4.23. The zero-order chi connectivity index (χ0) is 13.8. The first-order chi connectivity index (χ1) is 8.39. The molecular weight excluding hydrogens is 228 g/mol. The fourth-order valence-electron chi connectivity index (χ4n) is 3.38. The Morgan fingerprint density at radius 3 is 2.67 bits per heavy atom. The number of carbonyl (C=O) groups excluding carboxylic acids is 1. The van der Waals surface area contributed by atoms with Gasteiger partial charge in [0.05, 0.1) is 12.2 Å². The zero-order valence-corrected chi connectivity index (χ0v) is 12.2.